The smallest absolute Gasteiger partial charge is 0.119 e. The number of benzene rings is 3. The summed E-state index contributed by atoms with van der Waals surface area (Å²) < 4.78 is 2.21. The molecule has 4 rings (SSSR count). The van der Waals surface area contributed by atoms with E-state index in [4.69, 9.17) is 5.21 Å². The minimum Gasteiger partial charge on any atom is -0.228 e. The van der Waals surface area contributed by atoms with E-state index in [0.29, 0.717) is 0 Å². The lowest BCUT2D eigenvalue weighted by atomic mass is 9.98. The second-order valence-corrected chi connectivity index (χ2v) is 10.1. The van der Waals surface area contributed by atoms with E-state index in [1.54, 1.807) is 0 Å². The molecule has 1 atom stereocenters. The van der Waals surface area contributed by atoms with Crippen molar-refractivity contribution < 1.29 is 0 Å². The molecule has 4 aromatic rings. The van der Waals surface area contributed by atoms with Crippen LogP contribution in [0.4, 0.5) is 0 Å². The van der Waals surface area contributed by atoms with Crippen molar-refractivity contribution in [3.63, 3.8) is 0 Å². The van der Waals surface area contributed by atoms with E-state index >= 15 is 0 Å². The van der Waals surface area contributed by atoms with Crippen molar-refractivity contribution in [2.24, 2.45) is 0 Å². The van der Waals surface area contributed by atoms with Crippen LogP contribution < -0.4 is 0 Å². The molecule has 0 saturated heterocycles. The lowest BCUT2D eigenvalue weighted by Crippen LogP contribution is -2.34. The maximum Gasteiger partial charge on any atom is 0.119 e. The van der Waals surface area contributed by atoms with Crippen molar-refractivity contribution in [3.05, 3.63) is 90.0 Å². The Morgan fingerprint density at radius 1 is 0.812 bits per heavy atom. The van der Waals surface area contributed by atoms with Gasteiger partial charge in [0.25, 0.3) is 0 Å². The molecule has 3 aromatic carbocycles. The number of thioether (sulfide) groups is 1. The molecular formula is C28H33N3S. The topological polar surface area (TPSA) is 30.7 Å². The summed E-state index contributed by atoms with van der Waals surface area (Å²) >= 11 is 1.93. The zero-order valence-corrected chi connectivity index (χ0v) is 20.0. The van der Waals surface area contributed by atoms with E-state index in [1.165, 1.54) is 48.1 Å². The highest BCUT2D eigenvalue weighted by Crippen LogP contribution is 2.45. The normalized spacial score (nSPS) is 13.3. The summed E-state index contributed by atoms with van der Waals surface area (Å²) in [5.74, 6) is 0. The molecule has 0 fully saturated rings. The van der Waals surface area contributed by atoms with Crippen molar-refractivity contribution in [1.82, 2.24) is 15.0 Å². The molecule has 4 heteroatoms. The van der Waals surface area contributed by atoms with Gasteiger partial charge in [-0.3, -0.25) is 0 Å². The molecule has 3 nitrogen and oxygen atoms in total. The highest BCUT2D eigenvalue weighted by molar-refractivity contribution is 8.00. The molecule has 0 amide bonds. The second kappa shape index (κ2) is 10.8. The third kappa shape index (κ3) is 5.42. The SMILES string of the molecule is CCCCCCCC(Cc1ccc(C)cc1)(Sc1ccccc1)n1nnc2ccccc21. The van der Waals surface area contributed by atoms with Crippen LogP contribution >= 0.6 is 11.8 Å². The number of fused-ring (bicyclic) bond motifs is 1. The van der Waals surface area contributed by atoms with Gasteiger partial charge in [0, 0.05) is 11.3 Å². The molecule has 0 radical (unpaired) electrons. The number of hydrogen-bond acceptors (Lipinski definition) is 3. The molecule has 1 aromatic heterocycles. The number of hydrogen-bond donors (Lipinski definition) is 0. The first-order valence-electron chi connectivity index (χ1n) is 11.8. The van der Waals surface area contributed by atoms with Crippen LogP contribution in [0, 0.1) is 6.92 Å². The third-order valence-electron chi connectivity index (χ3n) is 6.06. The van der Waals surface area contributed by atoms with Gasteiger partial charge in [0.1, 0.15) is 10.4 Å². The quantitative estimate of drug-likeness (QED) is 0.175. The lowest BCUT2D eigenvalue weighted by Gasteiger charge is -2.34. The highest BCUT2D eigenvalue weighted by Gasteiger charge is 2.36. The predicted molar refractivity (Wildman–Crippen MR) is 136 cm³/mol. The fraction of sp³-hybridized carbons (Fsp3) is 0.357. The number of aromatic nitrogens is 3. The molecule has 1 unspecified atom stereocenters. The van der Waals surface area contributed by atoms with Crippen molar-refractivity contribution in [1.29, 1.82) is 0 Å². The minimum absolute atomic E-state index is 0.237. The molecule has 166 valence electrons. The molecule has 0 saturated carbocycles. The Hall–Kier alpha value is -2.59. The summed E-state index contributed by atoms with van der Waals surface area (Å²) in [5, 5.41) is 9.28. The summed E-state index contributed by atoms with van der Waals surface area (Å²) in [6.45, 7) is 4.42. The maximum atomic E-state index is 4.74. The number of rotatable bonds is 11. The Morgan fingerprint density at radius 2 is 1.53 bits per heavy atom. The number of para-hydroxylation sites is 1. The van der Waals surface area contributed by atoms with Crippen LogP contribution in [0.5, 0.6) is 0 Å². The predicted octanol–water partition coefficient (Wildman–Crippen LogP) is 7.79. The summed E-state index contributed by atoms with van der Waals surface area (Å²) in [6.07, 6.45) is 8.27. The molecule has 0 bridgehead atoms. The Balaban J connectivity index is 1.76. The molecule has 0 N–H and O–H groups in total. The zero-order chi connectivity index (χ0) is 22.2. The van der Waals surface area contributed by atoms with E-state index in [1.807, 2.05) is 17.8 Å². The average Bonchev–Trinajstić information content (AvgIpc) is 3.26. The van der Waals surface area contributed by atoms with Gasteiger partial charge < -0.3 is 0 Å². The van der Waals surface area contributed by atoms with Gasteiger partial charge >= 0.3 is 0 Å². The van der Waals surface area contributed by atoms with Gasteiger partial charge in [0.2, 0.25) is 0 Å². The second-order valence-electron chi connectivity index (χ2n) is 8.68. The van der Waals surface area contributed by atoms with Crippen LogP contribution in [0.1, 0.15) is 56.6 Å². The summed E-state index contributed by atoms with van der Waals surface area (Å²) in [6, 6.07) is 28.1. The summed E-state index contributed by atoms with van der Waals surface area (Å²) in [7, 11) is 0. The largest absolute Gasteiger partial charge is 0.228 e. The first-order valence-corrected chi connectivity index (χ1v) is 12.6. The van der Waals surface area contributed by atoms with Crippen LogP contribution in [0.2, 0.25) is 0 Å². The van der Waals surface area contributed by atoms with Crippen LogP contribution in [-0.4, -0.2) is 15.0 Å². The van der Waals surface area contributed by atoms with Gasteiger partial charge in [0.05, 0.1) is 5.52 Å². The van der Waals surface area contributed by atoms with E-state index in [0.717, 1.165) is 23.9 Å². The molecule has 0 aliphatic rings. The standard InChI is InChI=1S/C28H33N3S/c1-3-4-5-6-12-21-28(32-25-13-8-7-9-14-25,22-24-19-17-23(2)18-20-24)31-27-16-11-10-15-26(27)29-30-31/h7-11,13-20H,3-6,12,21-22H2,1-2H3. The molecule has 1 heterocycles. The molecule has 32 heavy (non-hydrogen) atoms. The van der Waals surface area contributed by atoms with Gasteiger partial charge in [-0.05, 0) is 43.2 Å². The fourth-order valence-electron chi connectivity index (χ4n) is 4.31. The molecule has 0 aliphatic heterocycles. The van der Waals surface area contributed by atoms with Gasteiger partial charge in [-0.2, -0.15) is 0 Å². The summed E-state index contributed by atoms with van der Waals surface area (Å²) in [5.41, 5.74) is 4.70. The van der Waals surface area contributed by atoms with Gasteiger partial charge in [-0.15, -0.1) is 5.10 Å². The van der Waals surface area contributed by atoms with Crippen LogP contribution in [0.15, 0.2) is 83.8 Å². The van der Waals surface area contributed by atoms with Crippen molar-refractivity contribution >= 4 is 22.8 Å². The highest BCUT2D eigenvalue weighted by atomic mass is 32.2. The van der Waals surface area contributed by atoms with Crippen molar-refractivity contribution in [2.45, 2.75) is 68.6 Å². The lowest BCUT2D eigenvalue weighted by molar-refractivity contribution is 0.357. The molecule has 0 spiro atoms. The Labute approximate surface area is 196 Å². The van der Waals surface area contributed by atoms with E-state index < -0.39 is 0 Å². The van der Waals surface area contributed by atoms with Gasteiger partial charge in [0.15, 0.2) is 0 Å². The third-order valence-corrected chi connectivity index (χ3v) is 7.47. The molecular weight excluding hydrogens is 410 g/mol. The van der Waals surface area contributed by atoms with E-state index in [-0.39, 0.29) is 4.87 Å². The first kappa shape index (κ1) is 22.6. The molecule has 0 aliphatic carbocycles. The Bertz CT molecular complexity index is 1100. The summed E-state index contributed by atoms with van der Waals surface area (Å²) in [4.78, 5) is 1.03. The first-order chi connectivity index (χ1) is 15.7. The monoisotopic (exact) mass is 443 g/mol. The number of unbranched alkanes of at least 4 members (excludes halogenated alkanes) is 4. The fourth-order valence-corrected chi connectivity index (χ4v) is 5.75. The van der Waals surface area contributed by atoms with Gasteiger partial charge in [-0.1, -0.05) is 116 Å². The Morgan fingerprint density at radius 3 is 2.31 bits per heavy atom. The minimum atomic E-state index is -0.237. The van der Waals surface area contributed by atoms with Crippen LogP contribution in [-0.2, 0) is 11.3 Å². The van der Waals surface area contributed by atoms with Gasteiger partial charge in [-0.25, -0.2) is 4.68 Å². The van der Waals surface area contributed by atoms with Crippen LogP contribution in [0.3, 0.4) is 0 Å². The van der Waals surface area contributed by atoms with E-state index in [9.17, 15) is 0 Å². The maximum absolute atomic E-state index is 4.74. The zero-order valence-electron chi connectivity index (χ0n) is 19.2. The van der Waals surface area contributed by atoms with Crippen molar-refractivity contribution in [2.75, 3.05) is 0 Å². The number of nitrogens with zero attached hydrogens (tertiary/aromatic N) is 3. The van der Waals surface area contributed by atoms with Crippen LogP contribution in [0.25, 0.3) is 11.0 Å². The number of aryl methyl sites for hydroxylation is 1. The Kier molecular flexibility index (Phi) is 7.64. The van der Waals surface area contributed by atoms with Crippen molar-refractivity contribution in [3.8, 4) is 0 Å². The average molecular weight is 444 g/mol. The van der Waals surface area contributed by atoms with E-state index in [2.05, 4.69) is 96.4 Å².